The van der Waals surface area contributed by atoms with E-state index in [0.29, 0.717) is 12.1 Å². The van der Waals surface area contributed by atoms with Crippen LogP contribution < -0.4 is 16.4 Å². The highest BCUT2D eigenvalue weighted by molar-refractivity contribution is 6.23. The Bertz CT molecular complexity index is 658. The number of rotatable bonds is 6. The molecule has 0 spiro atoms. The average Bonchev–Trinajstić information content (AvgIpc) is 2.60. The van der Waals surface area contributed by atoms with Crippen LogP contribution in [0.1, 0.15) is 32.6 Å². The first-order valence-electron chi connectivity index (χ1n) is 9.44. The number of amides is 1. The molecule has 6 nitrogen and oxygen atoms in total. The van der Waals surface area contributed by atoms with Crippen LogP contribution >= 0.6 is 0 Å². The van der Waals surface area contributed by atoms with Crippen LogP contribution in [-0.4, -0.2) is 41.8 Å². The predicted molar refractivity (Wildman–Crippen MR) is 105 cm³/mol. The van der Waals surface area contributed by atoms with Gasteiger partial charge in [-0.05, 0) is 43.7 Å². The Morgan fingerprint density at radius 2 is 1.85 bits per heavy atom. The van der Waals surface area contributed by atoms with Crippen LogP contribution in [0.2, 0.25) is 0 Å². The van der Waals surface area contributed by atoms with Crippen molar-refractivity contribution in [2.45, 2.75) is 44.7 Å². The van der Waals surface area contributed by atoms with Crippen molar-refractivity contribution in [1.29, 1.82) is 5.41 Å². The van der Waals surface area contributed by atoms with Crippen molar-refractivity contribution in [1.82, 2.24) is 10.2 Å². The summed E-state index contributed by atoms with van der Waals surface area (Å²) in [6.45, 7) is 4.77. The van der Waals surface area contributed by atoms with Crippen LogP contribution in [0.4, 0.5) is 5.69 Å². The molecule has 0 radical (unpaired) electrons. The van der Waals surface area contributed by atoms with Crippen molar-refractivity contribution in [3.63, 3.8) is 0 Å². The highest BCUT2D eigenvalue weighted by atomic mass is 16.1. The van der Waals surface area contributed by atoms with E-state index >= 15 is 0 Å². The Morgan fingerprint density at radius 3 is 2.42 bits per heavy atom. The number of nitrogens with one attached hydrogen (secondary N) is 3. The first-order valence-corrected chi connectivity index (χ1v) is 9.44. The summed E-state index contributed by atoms with van der Waals surface area (Å²) < 4.78 is 0. The molecule has 1 aliphatic carbocycles. The molecule has 1 aromatic rings. The molecule has 1 saturated carbocycles. The average molecular weight is 355 g/mol. The molecule has 3 rings (SSSR count). The fourth-order valence-corrected chi connectivity index (χ4v) is 3.85. The van der Waals surface area contributed by atoms with Gasteiger partial charge >= 0.3 is 0 Å². The van der Waals surface area contributed by atoms with Gasteiger partial charge in [0.25, 0.3) is 5.91 Å². The minimum Gasteiger partial charge on any atom is -0.387 e. The lowest BCUT2D eigenvalue weighted by atomic mass is 9.87. The van der Waals surface area contributed by atoms with Gasteiger partial charge in [-0.2, -0.15) is 0 Å². The van der Waals surface area contributed by atoms with Gasteiger partial charge in [-0.15, -0.1) is 0 Å². The van der Waals surface area contributed by atoms with Crippen molar-refractivity contribution >= 4 is 17.4 Å². The Balaban J connectivity index is 1.51. The highest BCUT2D eigenvalue weighted by Gasteiger charge is 2.32. The molecule has 5 N–H and O–H groups in total. The second kappa shape index (κ2) is 8.36. The van der Waals surface area contributed by atoms with Gasteiger partial charge in [0.15, 0.2) is 0 Å². The smallest absolute Gasteiger partial charge is 0.253 e. The molecule has 0 aromatic heterocycles. The van der Waals surface area contributed by atoms with E-state index < -0.39 is 5.91 Å². The quantitative estimate of drug-likeness (QED) is 0.358. The molecule has 2 fully saturated rings. The molecule has 1 saturated heterocycles. The summed E-state index contributed by atoms with van der Waals surface area (Å²) in [4.78, 5) is 14.3. The number of carbonyl (C=O) groups excluding carboxylic acids is 1. The molecule has 0 bridgehead atoms. The van der Waals surface area contributed by atoms with E-state index in [4.69, 9.17) is 11.1 Å². The lowest BCUT2D eigenvalue weighted by molar-refractivity contribution is -0.114. The normalized spacial score (nSPS) is 24.6. The lowest BCUT2D eigenvalue weighted by Crippen LogP contribution is -2.52. The summed E-state index contributed by atoms with van der Waals surface area (Å²) in [5, 5.41) is 14.4. The van der Waals surface area contributed by atoms with E-state index in [0.717, 1.165) is 24.4 Å². The number of carbonyl (C=O) groups is 1. The maximum Gasteiger partial charge on any atom is 0.253 e. The Morgan fingerprint density at radius 1 is 1.19 bits per heavy atom. The van der Waals surface area contributed by atoms with Gasteiger partial charge in [-0.25, -0.2) is 0 Å². The number of nitrogens with zero attached hydrogens (tertiary/aromatic N) is 1. The standard InChI is InChI=1S/C20H29N5O/c1-14-12-25(13-14)17-9-7-15(8-10-17)23-11-18(20(22)26)19(21)24-16-5-3-2-4-6-16/h2-6,11,14-15,17,23H,7-10,12-13H2,1H3,(H2,21,24)(H2,22,26)/b18-11+/t15-,17-. The fraction of sp³-hybridized carbons (Fsp3) is 0.500. The highest BCUT2D eigenvalue weighted by Crippen LogP contribution is 2.28. The van der Waals surface area contributed by atoms with E-state index in [1.54, 1.807) is 6.20 Å². The van der Waals surface area contributed by atoms with Crippen LogP contribution in [0.3, 0.4) is 0 Å². The van der Waals surface area contributed by atoms with Crippen molar-refractivity contribution < 1.29 is 4.79 Å². The summed E-state index contributed by atoms with van der Waals surface area (Å²) in [5.74, 6) is 0.253. The van der Waals surface area contributed by atoms with E-state index in [9.17, 15) is 4.79 Å². The van der Waals surface area contributed by atoms with Gasteiger partial charge in [0.1, 0.15) is 5.84 Å². The Kier molecular flexibility index (Phi) is 5.93. The molecule has 6 heteroatoms. The summed E-state index contributed by atoms with van der Waals surface area (Å²) >= 11 is 0. The first-order chi connectivity index (χ1) is 12.5. The molecular formula is C20H29N5O. The lowest BCUT2D eigenvalue weighted by Gasteiger charge is -2.45. The van der Waals surface area contributed by atoms with Crippen LogP contribution in [0.5, 0.6) is 0 Å². The van der Waals surface area contributed by atoms with E-state index in [1.807, 2.05) is 30.3 Å². The zero-order valence-electron chi connectivity index (χ0n) is 15.4. The van der Waals surface area contributed by atoms with Gasteiger partial charge in [0, 0.05) is 37.1 Å². The van der Waals surface area contributed by atoms with Crippen molar-refractivity contribution in [3.05, 3.63) is 42.1 Å². The van der Waals surface area contributed by atoms with Gasteiger partial charge in [-0.3, -0.25) is 15.1 Å². The molecule has 1 aliphatic heterocycles. The van der Waals surface area contributed by atoms with E-state index in [2.05, 4.69) is 22.5 Å². The van der Waals surface area contributed by atoms with Crippen LogP contribution in [0, 0.1) is 11.3 Å². The van der Waals surface area contributed by atoms with E-state index in [-0.39, 0.29) is 11.4 Å². The van der Waals surface area contributed by atoms with Crippen LogP contribution in [0.25, 0.3) is 0 Å². The molecular weight excluding hydrogens is 326 g/mol. The van der Waals surface area contributed by atoms with Crippen molar-refractivity contribution in [2.75, 3.05) is 18.4 Å². The summed E-state index contributed by atoms with van der Waals surface area (Å²) in [7, 11) is 0. The molecule has 2 aliphatic rings. The summed E-state index contributed by atoms with van der Waals surface area (Å²) in [6.07, 6.45) is 6.14. The second-order valence-corrected chi connectivity index (χ2v) is 7.52. The molecule has 0 atom stereocenters. The number of benzene rings is 1. The van der Waals surface area contributed by atoms with Gasteiger partial charge in [0.05, 0.1) is 5.57 Å². The topological polar surface area (TPSA) is 94.2 Å². The number of primary amides is 1. The summed E-state index contributed by atoms with van der Waals surface area (Å²) in [6, 6.07) is 10.4. The van der Waals surface area contributed by atoms with Crippen LogP contribution in [-0.2, 0) is 4.79 Å². The predicted octanol–water partition coefficient (Wildman–Crippen LogP) is 2.30. The number of likely N-dealkylation sites (tertiary alicyclic amines) is 1. The number of amidine groups is 1. The van der Waals surface area contributed by atoms with Crippen LogP contribution in [0.15, 0.2) is 42.1 Å². The Labute approximate surface area is 155 Å². The minimum atomic E-state index is -0.603. The zero-order valence-corrected chi connectivity index (χ0v) is 15.4. The van der Waals surface area contributed by atoms with Gasteiger partial charge in [-0.1, -0.05) is 25.1 Å². The zero-order chi connectivity index (χ0) is 18.5. The van der Waals surface area contributed by atoms with E-state index in [1.165, 1.54) is 25.9 Å². The minimum absolute atomic E-state index is 0.0134. The largest absolute Gasteiger partial charge is 0.387 e. The number of anilines is 1. The maximum absolute atomic E-state index is 11.7. The molecule has 140 valence electrons. The second-order valence-electron chi connectivity index (χ2n) is 7.52. The molecule has 26 heavy (non-hydrogen) atoms. The number of nitrogens with two attached hydrogens (primary N) is 1. The van der Waals surface area contributed by atoms with Gasteiger partial charge in [0.2, 0.25) is 0 Å². The SMILES string of the molecule is CC1CN([C@H]2CC[C@H](N/C=C(\C(=N)Nc3ccccc3)C(N)=O)CC2)C1. The third kappa shape index (κ3) is 4.64. The molecule has 1 amide bonds. The third-order valence-corrected chi connectivity index (χ3v) is 5.35. The Hall–Kier alpha value is -2.34. The van der Waals surface area contributed by atoms with Gasteiger partial charge < -0.3 is 16.4 Å². The number of para-hydroxylation sites is 1. The third-order valence-electron chi connectivity index (χ3n) is 5.35. The fourth-order valence-electron chi connectivity index (χ4n) is 3.85. The van der Waals surface area contributed by atoms with Crippen molar-refractivity contribution in [2.24, 2.45) is 11.7 Å². The maximum atomic E-state index is 11.7. The first kappa shape index (κ1) is 18.5. The molecule has 1 heterocycles. The number of hydrogen-bond donors (Lipinski definition) is 4. The molecule has 0 unspecified atom stereocenters. The number of hydrogen-bond acceptors (Lipinski definition) is 4. The van der Waals surface area contributed by atoms with Crippen molar-refractivity contribution in [3.8, 4) is 0 Å². The molecule has 1 aromatic carbocycles. The summed E-state index contributed by atoms with van der Waals surface area (Å²) in [5.41, 5.74) is 6.40. The monoisotopic (exact) mass is 355 g/mol.